The van der Waals surface area contributed by atoms with Gasteiger partial charge in [-0.3, -0.25) is 0 Å². The van der Waals surface area contributed by atoms with Crippen LogP contribution in [0, 0.1) is 11.8 Å². The molecule has 0 aliphatic rings. The first-order chi connectivity index (χ1) is 8.56. The van der Waals surface area contributed by atoms with Crippen LogP contribution in [0.3, 0.4) is 0 Å². The molecule has 0 spiro atoms. The highest BCUT2D eigenvalue weighted by Crippen LogP contribution is 2.20. The van der Waals surface area contributed by atoms with Crippen molar-refractivity contribution in [2.75, 3.05) is 13.2 Å². The number of hydrogen-bond acceptors (Lipinski definition) is 2. The van der Waals surface area contributed by atoms with Gasteiger partial charge in [-0.1, -0.05) is 47.5 Å². The van der Waals surface area contributed by atoms with Crippen LogP contribution in [0.15, 0.2) is 0 Å². The fourth-order valence-corrected chi connectivity index (χ4v) is 2.67. The average Bonchev–Trinajstić information content (AvgIpc) is 2.31. The van der Waals surface area contributed by atoms with Crippen LogP contribution in [0.2, 0.25) is 0 Å². The van der Waals surface area contributed by atoms with E-state index in [-0.39, 0.29) is 0 Å². The Balaban J connectivity index is 4.49. The Labute approximate surface area is 115 Å². The van der Waals surface area contributed by atoms with E-state index in [1.807, 2.05) is 0 Å². The molecule has 2 heteroatoms. The third kappa shape index (κ3) is 7.38. The molecular weight excluding hydrogens is 222 g/mol. The molecule has 0 aliphatic heterocycles. The molecule has 2 nitrogen and oxygen atoms in total. The van der Waals surface area contributed by atoms with E-state index in [1.54, 1.807) is 0 Å². The lowest BCUT2D eigenvalue weighted by atomic mass is 9.89. The summed E-state index contributed by atoms with van der Waals surface area (Å²) in [6.45, 7) is 15.4. The van der Waals surface area contributed by atoms with E-state index in [0.29, 0.717) is 18.1 Å². The number of rotatable bonds is 11. The van der Waals surface area contributed by atoms with Crippen molar-refractivity contribution >= 4 is 0 Å². The van der Waals surface area contributed by atoms with Gasteiger partial charge in [0.15, 0.2) is 0 Å². The first-order valence-corrected chi connectivity index (χ1v) is 7.91. The lowest BCUT2D eigenvalue weighted by Crippen LogP contribution is -2.45. The van der Waals surface area contributed by atoms with Crippen LogP contribution in [-0.4, -0.2) is 25.3 Å². The van der Waals surface area contributed by atoms with Crippen LogP contribution < -0.4 is 5.32 Å². The SMILES string of the molecule is CCCNC(CC(C)CCC)C(OCC)C(C)C. The molecule has 0 radical (unpaired) electrons. The molecule has 0 saturated carbocycles. The second-order valence-electron chi connectivity index (χ2n) is 5.85. The highest BCUT2D eigenvalue weighted by atomic mass is 16.5. The van der Waals surface area contributed by atoms with Crippen molar-refractivity contribution in [3.05, 3.63) is 0 Å². The molecule has 0 aromatic heterocycles. The number of ether oxygens (including phenoxy) is 1. The largest absolute Gasteiger partial charge is 0.377 e. The molecule has 0 bridgehead atoms. The molecule has 1 N–H and O–H groups in total. The quantitative estimate of drug-likeness (QED) is 0.598. The van der Waals surface area contributed by atoms with Crippen LogP contribution in [0.1, 0.15) is 67.2 Å². The minimum Gasteiger partial charge on any atom is -0.377 e. The van der Waals surface area contributed by atoms with Gasteiger partial charge in [-0.15, -0.1) is 0 Å². The molecule has 18 heavy (non-hydrogen) atoms. The van der Waals surface area contributed by atoms with E-state index in [2.05, 4.69) is 46.9 Å². The second-order valence-corrected chi connectivity index (χ2v) is 5.85. The van der Waals surface area contributed by atoms with Gasteiger partial charge >= 0.3 is 0 Å². The molecule has 0 saturated heterocycles. The lowest BCUT2D eigenvalue weighted by molar-refractivity contribution is -0.00211. The van der Waals surface area contributed by atoms with Crippen molar-refractivity contribution in [1.29, 1.82) is 0 Å². The minimum absolute atomic E-state index is 0.348. The van der Waals surface area contributed by atoms with Crippen molar-refractivity contribution in [2.24, 2.45) is 11.8 Å². The van der Waals surface area contributed by atoms with Crippen molar-refractivity contribution in [3.63, 3.8) is 0 Å². The zero-order chi connectivity index (χ0) is 14.0. The van der Waals surface area contributed by atoms with Crippen LogP contribution >= 0.6 is 0 Å². The van der Waals surface area contributed by atoms with Crippen molar-refractivity contribution in [2.45, 2.75) is 79.4 Å². The molecule has 3 atom stereocenters. The van der Waals surface area contributed by atoms with Gasteiger partial charge in [0, 0.05) is 12.6 Å². The predicted molar refractivity (Wildman–Crippen MR) is 81.0 cm³/mol. The summed E-state index contributed by atoms with van der Waals surface area (Å²) in [6.07, 6.45) is 5.37. The maximum absolute atomic E-state index is 5.98. The fraction of sp³-hybridized carbons (Fsp3) is 1.00. The summed E-state index contributed by atoms with van der Waals surface area (Å²) < 4.78 is 5.98. The van der Waals surface area contributed by atoms with E-state index >= 15 is 0 Å². The van der Waals surface area contributed by atoms with Crippen LogP contribution in [0.25, 0.3) is 0 Å². The molecule has 0 rings (SSSR count). The first kappa shape index (κ1) is 17.9. The smallest absolute Gasteiger partial charge is 0.0750 e. The van der Waals surface area contributed by atoms with Gasteiger partial charge in [0.1, 0.15) is 0 Å². The van der Waals surface area contributed by atoms with Gasteiger partial charge in [-0.05, 0) is 38.1 Å². The lowest BCUT2D eigenvalue weighted by Gasteiger charge is -2.32. The summed E-state index contributed by atoms with van der Waals surface area (Å²) in [7, 11) is 0. The molecule has 0 amide bonds. The van der Waals surface area contributed by atoms with Crippen LogP contribution in [-0.2, 0) is 4.74 Å². The maximum atomic E-state index is 5.98. The Morgan fingerprint density at radius 3 is 2.11 bits per heavy atom. The molecule has 0 heterocycles. The summed E-state index contributed by atoms with van der Waals surface area (Å²) in [5.74, 6) is 1.36. The van der Waals surface area contributed by atoms with Gasteiger partial charge < -0.3 is 10.1 Å². The second kappa shape index (κ2) is 10.8. The Hall–Kier alpha value is -0.0800. The molecule has 3 unspecified atom stereocenters. The van der Waals surface area contributed by atoms with E-state index in [0.717, 1.165) is 19.1 Å². The first-order valence-electron chi connectivity index (χ1n) is 7.91. The van der Waals surface area contributed by atoms with Gasteiger partial charge in [-0.2, -0.15) is 0 Å². The standard InChI is InChI=1S/C16H35NO/c1-7-10-14(6)12-15(17-11-8-2)16(13(4)5)18-9-3/h13-17H,7-12H2,1-6H3. The normalized spacial score (nSPS) is 16.8. The van der Waals surface area contributed by atoms with Crippen LogP contribution in [0.4, 0.5) is 0 Å². The van der Waals surface area contributed by atoms with E-state index in [1.165, 1.54) is 25.7 Å². The Morgan fingerprint density at radius 2 is 1.67 bits per heavy atom. The number of nitrogens with one attached hydrogen (secondary N) is 1. The highest BCUT2D eigenvalue weighted by molar-refractivity contribution is 4.81. The highest BCUT2D eigenvalue weighted by Gasteiger charge is 2.25. The molecule has 0 aliphatic carbocycles. The molecule has 0 fully saturated rings. The summed E-state index contributed by atoms with van der Waals surface area (Å²) in [6, 6.07) is 0.506. The summed E-state index contributed by atoms with van der Waals surface area (Å²) in [5.41, 5.74) is 0. The third-order valence-electron chi connectivity index (χ3n) is 3.51. The average molecular weight is 257 g/mol. The fourth-order valence-electron chi connectivity index (χ4n) is 2.67. The molecule has 0 aromatic carbocycles. The Bertz CT molecular complexity index is 182. The van der Waals surface area contributed by atoms with Crippen molar-refractivity contribution in [3.8, 4) is 0 Å². The monoisotopic (exact) mass is 257 g/mol. The van der Waals surface area contributed by atoms with Gasteiger partial charge in [0.2, 0.25) is 0 Å². The minimum atomic E-state index is 0.348. The van der Waals surface area contributed by atoms with Gasteiger partial charge in [-0.25, -0.2) is 0 Å². The van der Waals surface area contributed by atoms with E-state index in [9.17, 15) is 0 Å². The number of hydrogen-bond donors (Lipinski definition) is 1. The van der Waals surface area contributed by atoms with Crippen LogP contribution in [0.5, 0.6) is 0 Å². The van der Waals surface area contributed by atoms with Crippen molar-refractivity contribution in [1.82, 2.24) is 5.32 Å². The molecular formula is C16H35NO. The summed E-state index contributed by atoms with van der Waals surface area (Å²) in [5, 5.41) is 3.70. The van der Waals surface area contributed by atoms with E-state index < -0.39 is 0 Å². The Kier molecular flexibility index (Phi) is 10.8. The summed E-state index contributed by atoms with van der Waals surface area (Å²) >= 11 is 0. The topological polar surface area (TPSA) is 21.3 Å². The predicted octanol–water partition coefficient (Wildman–Crippen LogP) is 4.24. The zero-order valence-corrected chi connectivity index (χ0v) is 13.5. The Morgan fingerprint density at radius 1 is 1.00 bits per heavy atom. The molecule has 0 aromatic rings. The third-order valence-corrected chi connectivity index (χ3v) is 3.51. The van der Waals surface area contributed by atoms with Gasteiger partial charge in [0.05, 0.1) is 6.10 Å². The van der Waals surface area contributed by atoms with E-state index in [4.69, 9.17) is 4.74 Å². The molecule has 110 valence electrons. The van der Waals surface area contributed by atoms with Crippen molar-refractivity contribution < 1.29 is 4.74 Å². The maximum Gasteiger partial charge on any atom is 0.0750 e. The zero-order valence-electron chi connectivity index (χ0n) is 13.5. The van der Waals surface area contributed by atoms with Gasteiger partial charge in [0.25, 0.3) is 0 Å². The summed E-state index contributed by atoms with van der Waals surface area (Å²) in [4.78, 5) is 0.